The minimum Gasteiger partial charge on any atom is -0.507 e. The molecule has 6 nitrogen and oxygen atoms in total. The van der Waals surface area contributed by atoms with Gasteiger partial charge in [0.1, 0.15) is 17.3 Å². The molecular formula is C25H28FNO5. The zero-order chi connectivity index (χ0) is 23.3. The van der Waals surface area contributed by atoms with Crippen LogP contribution in [-0.4, -0.2) is 47.6 Å². The molecule has 3 rings (SSSR count). The maximum atomic E-state index is 13.5. The lowest BCUT2D eigenvalue weighted by Crippen LogP contribution is -2.31. The SMILES string of the molecule is CCOc1cccc(/C(O)=C2/C(=O)C(=O)N(CCCOC(C)C)C2c2ccc(F)cc2)c1. The van der Waals surface area contributed by atoms with Crippen molar-refractivity contribution in [2.24, 2.45) is 0 Å². The standard InChI is InChI=1S/C25H28FNO5/c1-4-31-20-8-5-7-18(15-20)23(28)21-22(17-9-11-19(26)12-10-17)27(25(30)24(21)29)13-6-14-32-16(2)3/h5,7-12,15-16,22,28H,4,6,13-14H2,1-3H3/b23-21-. The Labute approximate surface area is 187 Å². The highest BCUT2D eigenvalue weighted by atomic mass is 19.1. The third-order valence-electron chi connectivity index (χ3n) is 5.14. The molecule has 1 amide bonds. The summed E-state index contributed by atoms with van der Waals surface area (Å²) in [6.07, 6.45) is 0.568. The maximum Gasteiger partial charge on any atom is 0.295 e. The summed E-state index contributed by atoms with van der Waals surface area (Å²) in [6, 6.07) is 11.5. The molecule has 2 aromatic rings. The second-order valence-corrected chi connectivity index (χ2v) is 7.78. The monoisotopic (exact) mass is 441 g/mol. The summed E-state index contributed by atoms with van der Waals surface area (Å²) < 4.78 is 24.6. The van der Waals surface area contributed by atoms with E-state index in [1.165, 1.54) is 29.2 Å². The van der Waals surface area contributed by atoms with Gasteiger partial charge in [-0.1, -0.05) is 24.3 Å². The van der Waals surface area contributed by atoms with E-state index in [1.54, 1.807) is 24.3 Å². The van der Waals surface area contributed by atoms with Crippen molar-refractivity contribution in [3.05, 3.63) is 71.0 Å². The first-order valence-electron chi connectivity index (χ1n) is 10.7. The molecule has 32 heavy (non-hydrogen) atoms. The Balaban J connectivity index is 2.03. The highest BCUT2D eigenvalue weighted by molar-refractivity contribution is 6.46. The Morgan fingerprint density at radius 1 is 1.16 bits per heavy atom. The molecule has 1 heterocycles. The number of aliphatic hydroxyl groups excluding tert-OH is 1. The summed E-state index contributed by atoms with van der Waals surface area (Å²) in [4.78, 5) is 27.3. The molecule has 1 saturated heterocycles. The summed E-state index contributed by atoms with van der Waals surface area (Å²) in [6.45, 7) is 6.81. The zero-order valence-electron chi connectivity index (χ0n) is 18.5. The topological polar surface area (TPSA) is 76.1 Å². The quantitative estimate of drug-likeness (QED) is 0.269. The van der Waals surface area contributed by atoms with Gasteiger partial charge in [0, 0.05) is 18.7 Å². The minimum absolute atomic E-state index is 0.0277. The van der Waals surface area contributed by atoms with Gasteiger partial charge < -0.3 is 19.5 Å². The van der Waals surface area contributed by atoms with Crippen LogP contribution in [0, 0.1) is 5.82 Å². The molecule has 1 aliphatic rings. The highest BCUT2D eigenvalue weighted by Crippen LogP contribution is 2.39. The number of carbonyl (C=O) groups is 2. The van der Waals surface area contributed by atoms with Gasteiger partial charge in [-0.25, -0.2) is 4.39 Å². The second kappa shape index (κ2) is 10.4. The zero-order valence-corrected chi connectivity index (χ0v) is 18.5. The molecule has 1 atom stereocenters. The predicted octanol–water partition coefficient (Wildman–Crippen LogP) is 4.46. The average Bonchev–Trinajstić information content (AvgIpc) is 3.02. The predicted molar refractivity (Wildman–Crippen MR) is 119 cm³/mol. The normalized spacial score (nSPS) is 17.9. The van der Waals surface area contributed by atoms with Crippen molar-refractivity contribution in [1.82, 2.24) is 4.90 Å². The molecule has 170 valence electrons. The van der Waals surface area contributed by atoms with Gasteiger partial charge >= 0.3 is 0 Å². The van der Waals surface area contributed by atoms with Crippen LogP contribution in [0.4, 0.5) is 4.39 Å². The number of halogens is 1. The van der Waals surface area contributed by atoms with Gasteiger partial charge in [-0.05, 0) is 57.0 Å². The van der Waals surface area contributed by atoms with Crippen molar-refractivity contribution in [3.63, 3.8) is 0 Å². The van der Waals surface area contributed by atoms with Crippen molar-refractivity contribution in [2.45, 2.75) is 39.3 Å². The summed E-state index contributed by atoms with van der Waals surface area (Å²) in [5.74, 6) is -1.66. The van der Waals surface area contributed by atoms with E-state index in [0.29, 0.717) is 36.5 Å². The fourth-order valence-electron chi connectivity index (χ4n) is 3.71. The molecule has 0 aromatic heterocycles. The van der Waals surface area contributed by atoms with Gasteiger partial charge in [0.15, 0.2) is 0 Å². The van der Waals surface area contributed by atoms with E-state index >= 15 is 0 Å². The molecule has 1 N–H and O–H groups in total. The van der Waals surface area contributed by atoms with Crippen LogP contribution in [0.1, 0.15) is 44.4 Å². The smallest absolute Gasteiger partial charge is 0.295 e. The first-order valence-corrected chi connectivity index (χ1v) is 10.7. The molecular weight excluding hydrogens is 413 g/mol. The average molecular weight is 441 g/mol. The molecule has 7 heteroatoms. The number of hydrogen-bond acceptors (Lipinski definition) is 5. The lowest BCUT2D eigenvalue weighted by Gasteiger charge is -2.25. The maximum absolute atomic E-state index is 13.5. The third-order valence-corrected chi connectivity index (χ3v) is 5.14. The number of carbonyl (C=O) groups excluding carboxylic acids is 2. The number of ketones is 1. The van der Waals surface area contributed by atoms with E-state index < -0.39 is 23.5 Å². The molecule has 0 spiro atoms. The number of Topliss-reactive ketones (excluding diaryl/α,β-unsaturated/α-hetero) is 1. The Kier molecular flexibility index (Phi) is 7.64. The Morgan fingerprint density at radius 3 is 2.53 bits per heavy atom. The van der Waals surface area contributed by atoms with Crippen molar-refractivity contribution < 1.29 is 28.6 Å². The summed E-state index contributed by atoms with van der Waals surface area (Å²) in [5, 5.41) is 11.1. The van der Waals surface area contributed by atoms with Crippen LogP contribution < -0.4 is 4.74 Å². The number of amides is 1. The lowest BCUT2D eigenvalue weighted by molar-refractivity contribution is -0.140. The van der Waals surface area contributed by atoms with Crippen LogP contribution in [-0.2, 0) is 14.3 Å². The number of aliphatic hydroxyl groups is 1. The van der Waals surface area contributed by atoms with E-state index in [9.17, 15) is 19.1 Å². The van der Waals surface area contributed by atoms with E-state index in [-0.39, 0.29) is 24.0 Å². The van der Waals surface area contributed by atoms with Gasteiger partial charge in [0.2, 0.25) is 0 Å². The lowest BCUT2D eigenvalue weighted by atomic mass is 9.95. The molecule has 0 bridgehead atoms. The molecule has 0 radical (unpaired) electrons. The minimum atomic E-state index is -0.828. The van der Waals surface area contributed by atoms with Crippen LogP contribution in [0.15, 0.2) is 54.1 Å². The van der Waals surface area contributed by atoms with Crippen LogP contribution in [0.25, 0.3) is 5.76 Å². The van der Waals surface area contributed by atoms with Gasteiger partial charge in [-0.2, -0.15) is 0 Å². The summed E-state index contributed by atoms with van der Waals surface area (Å²) in [7, 11) is 0. The number of ether oxygens (including phenoxy) is 2. The van der Waals surface area contributed by atoms with Crippen LogP contribution in [0.3, 0.4) is 0 Å². The number of hydrogen-bond donors (Lipinski definition) is 1. The molecule has 2 aromatic carbocycles. The number of rotatable bonds is 9. The third kappa shape index (κ3) is 5.16. The van der Waals surface area contributed by atoms with Crippen molar-refractivity contribution in [2.75, 3.05) is 19.8 Å². The summed E-state index contributed by atoms with van der Waals surface area (Å²) >= 11 is 0. The molecule has 1 fully saturated rings. The van der Waals surface area contributed by atoms with E-state index in [4.69, 9.17) is 9.47 Å². The molecule has 0 aliphatic carbocycles. The summed E-state index contributed by atoms with van der Waals surface area (Å²) in [5.41, 5.74) is 0.877. The van der Waals surface area contributed by atoms with Crippen LogP contribution in [0.2, 0.25) is 0 Å². The fourth-order valence-corrected chi connectivity index (χ4v) is 3.71. The Morgan fingerprint density at radius 2 is 1.88 bits per heavy atom. The molecule has 0 saturated carbocycles. The molecule has 1 aliphatic heterocycles. The van der Waals surface area contributed by atoms with Crippen LogP contribution in [0.5, 0.6) is 5.75 Å². The first kappa shape index (κ1) is 23.5. The van der Waals surface area contributed by atoms with E-state index in [2.05, 4.69) is 0 Å². The van der Waals surface area contributed by atoms with Gasteiger partial charge in [-0.3, -0.25) is 9.59 Å². The molecule has 1 unspecified atom stereocenters. The highest BCUT2D eigenvalue weighted by Gasteiger charge is 2.45. The fraction of sp³-hybridized carbons (Fsp3) is 0.360. The van der Waals surface area contributed by atoms with Crippen molar-refractivity contribution in [1.29, 1.82) is 0 Å². The Hall–Kier alpha value is -3.19. The number of likely N-dealkylation sites (tertiary alicyclic amines) is 1. The van der Waals surface area contributed by atoms with E-state index in [0.717, 1.165) is 0 Å². The van der Waals surface area contributed by atoms with Crippen LogP contribution >= 0.6 is 0 Å². The van der Waals surface area contributed by atoms with Gasteiger partial charge in [0.25, 0.3) is 11.7 Å². The largest absolute Gasteiger partial charge is 0.507 e. The Bertz CT molecular complexity index is 1000. The number of nitrogens with zero attached hydrogens (tertiary/aromatic N) is 1. The van der Waals surface area contributed by atoms with Gasteiger partial charge in [0.05, 0.1) is 24.3 Å². The van der Waals surface area contributed by atoms with E-state index in [1.807, 2.05) is 20.8 Å². The first-order chi connectivity index (χ1) is 15.3. The number of benzene rings is 2. The van der Waals surface area contributed by atoms with Crippen molar-refractivity contribution in [3.8, 4) is 5.75 Å². The van der Waals surface area contributed by atoms with Gasteiger partial charge in [-0.15, -0.1) is 0 Å². The van der Waals surface area contributed by atoms with Crippen molar-refractivity contribution >= 4 is 17.4 Å². The second-order valence-electron chi connectivity index (χ2n) is 7.78.